The molecule has 1 N–H and O–H groups in total. The minimum absolute atomic E-state index is 0.299. The monoisotopic (exact) mass is 435 g/mol. The number of anilines is 1. The Hall–Kier alpha value is -3.38. The fourth-order valence-corrected chi connectivity index (χ4v) is 4.04. The average molecular weight is 436 g/mol. The molecule has 3 aromatic rings. The first-order valence-corrected chi connectivity index (χ1v) is 10.5. The number of rotatable bonds is 6. The van der Waals surface area contributed by atoms with Gasteiger partial charge >= 0.3 is 5.69 Å². The van der Waals surface area contributed by atoms with Crippen LogP contribution in [-0.4, -0.2) is 29.3 Å². The van der Waals surface area contributed by atoms with Gasteiger partial charge in [0.2, 0.25) is 5.75 Å². The molecular weight excluding hydrogens is 414 g/mol. The van der Waals surface area contributed by atoms with Crippen LogP contribution in [0.5, 0.6) is 5.75 Å². The van der Waals surface area contributed by atoms with Crippen LogP contribution in [0.1, 0.15) is 29.5 Å². The molecule has 0 saturated carbocycles. The molecule has 0 aliphatic carbocycles. The first-order chi connectivity index (χ1) is 15.0. The second-order valence-electron chi connectivity index (χ2n) is 7.52. The molecule has 0 unspecified atom stereocenters. The maximum absolute atomic E-state index is 11.5. The average Bonchev–Trinajstić information content (AvgIpc) is 3.30. The number of benzene rings is 3. The predicted molar refractivity (Wildman–Crippen MR) is 124 cm³/mol. The summed E-state index contributed by atoms with van der Waals surface area (Å²) < 4.78 is 0. The number of aromatic hydroxyl groups is 1. The Balaban J connectivity index is 1.70. The molecule has 158 valence electrons. The van der Waals surface area contributed by atoms with Crippen molar-refractivity contribution in [1.29, 1.82) is 0 Å². The molecule has 0 atom stereocenters. The molecule has 0 radical (unpaired) electrons. The summed E-state index contributed by atoms with van der Waals surface area (Å²) in [6.07, 6.45) is 4.20. The summed E-state index contributed by atoms with van der Waals surface area (Å²) in [5, 5.41) is 22.6. The molecule has 1 heterocycles. The van der Waals surface area contributed by atoms with Gasteiger partial charge in [-0.15, -0.1) is 0 Å². The Labute approximate surface area is 185 Å². The molecule has 1 saturated heterocycles. The second kappa shape index (κ2) is 9.18. The number of hydrogen-bond acceptors (Lipinski definition) is 5. The Morgan fingerprint density at radius 2 is 1.81 bits per heavy atom. The van der Waals surface area contributed by atoms with E-state index >= 15 is 0 Å². The van der Waals surface area contributed by atoms with Crippen molar-refractivity contribution in [3.8, 4) is 5.75 Å². The van der Waals surface area contributed by atoms with E-state index in [2.05, 4.69) is 9.89 Å². The van der Waals surface area contributed by atoms with Crippen molar-refractivity contribution in [2.45, 2.75) is 19.3 Å². The topological polar surface area (TPSA) is 79.0 Å². The van der Waals surface area contributed by atoms with Crippen LogP contribution in [0.3, 0.4) is 0 Å². The quantitative estimate of drug-likeness (QED) is 0.297. The number of hydrogen-bond donors (Lipinski definition) is 1. The van der Waals surface area contributed by atoms with Crippen LogP contribution in [-0.2, 0) is 6.42 Å². The van der Waals surface area contributed by atoms with E-state index in [-0.39, 0.29) is 5.69 Å². The van der Waals surface area contributed by atoms with Crippen LogP contribution in [0.2, 0.25) is 5.02 Å². The van der Waals surface area contributed by atoms with Crippen molar-refractivity contribution in [2.75, 3.05) is 18.0 Å². The molecule has 0 aromatic heterocycles. The highest BCUT2D eigenvalue weighted by Crippen LogP contribution is 2.34. The summed E-state index contributed by atoms with van der Waals surface area (Å²) in [6.45, 7) is 1.97. The van der Waals surface area contributed by atoms with Gasteiger partial charge in [0.05, 0.1) is 16.3 Å². The number of para-hydroxylation sites is 2. The Morgan fingerprint density at radius 1 is 1.10 bits per heavy atom. The van der Waals surface area contributed by atoms with Crippen molar-refractivity contribution in [2.24, 2.45) is 4.99 Å². The minimum atomic E-state index is -0.582. The molecule has 1 aliphatic rings. The van der Waals surface area contributed by atoms with Gasteiger partial charge in [-0.25, -0.2) is 0 Å². The number of halogens is 1. The lowest BCUT2D eigenvalue weighted by atomic mass is 10.0. The molecular formula is C24H22ClN3O3. The van der Waals surface area contributed by atoms with Gasteiger partial charge in [0, 0.05) is 36.0 Å². The van der Waals surface area contributed by atoms with Gasteiger partial charge in [-0.1, -0.05) is 41.9 Å². The minimum Gasteiger partial charge on any atom is -0.502 e. The van der Waals surface area contributed by atoms with Crippen LogP contribution in [0, 0.1) is 10.1 Å². The van der Waals surface area contributed by atoms with E-state index in [4.69, 9.17) is 11.6 Å². The highest BCUT2D eigenvalue weighted by molar-refractivity contribution is 6.31. The van der Waals surface area contributed by atoms with E-state index in [1.54, 1.807) is 12.1 Å². The van der Waals surface area contributed by atoms with Crippen LogP contribution in [0.25, 0.3) is 0 Å². The molecule has 7 heteroatoms. The van der Waals surface area contributed by atoms with Crippen molar-refractivity contribution in [3.63, 3.8) is 0 Å². The van der Waals surface area contributed by atoms with Gasteiger partial charge < -0.3 is 10.0 Å². The third kappa shape index (κ3) is 4.70. The molecule has 3 aromatic carbocycles. The highest BCUT2D eigenvalue weighted by Gasteiger charge is 2.19. The second-order valence-corrected chi connectivity index (χ2v) is 7.93. The van der Waals surface area contributed by atoms with Crippen LogP contribution < -0.4 is 4.90 Å². The van der Waals surface area contributed by atoms with Gasteiger partial charge in [-0.05, 0) is 54.7 Å². The van der Waals surface area contributed by atoms with Crippen molar-refractivity contribution in [3.05, 3.63) is 92.5 Å². The number of aliphatic imine (C=N–C) groups is 1. The van der Waals surface area contributed by atoms with E-state index in [1.807, 2.05) is 42.5 Å². The highest BCUT2D eigenvalue weighted by atomic mass is 35.5. The van der Waals surface area contributed by atoms with Crippen LogP contribution in [0.4, 0.5) is 17.1 Å². The van der Waals surface area contributed by atoms with Gasteiger partial charge in [0.25, 0.3) is 0 Å². The number of nitrogens with zero attached hydrogens (tertiary/aromatic N) is 3. The van der Waals surface area contributed by atoms with Gasteiger partial charge in [-0.2, -0.15) is 0 Å². The molecule has 6 nitrogen and oxygen atoms in total. The molecule has 4 rings (SSSR count). The summed E-state index contributed by atoms with van der Waals surface area (Å²) in [5.41, 5.74) is 3.27. The Morgan fingerprint density at radius 3 is 2.55 bits per heavy atom. The zero-order chi connectivity index (χ0) is 21.8. The third-order valence-electron chi connectivity index (χ3n) is 5.40. The predicted octanol–water partition coefficient (Wildman–Crippen LogP) is 5.90. The molecule has 0 spiro atoms. The third-order valence-corrected chi connectivity index (χ3v) is 5.77. The first-order valence-electron chi connectivity index (χ1n) is 10.1. The van der Waals surface area contributed by atoms with E-state index in [0.717, 1.165) is 42.9 Å². The maximum atomic E-state index is 11.5. The number of phenolic OH excluding ortho intramolecular Hbond substituents is 1. The summed E-state index contributed by atoms with van der Waals surface area (Å²) in [6, 6.07) is 18.3. The number of nitro groups is 1. The zero-order valence-corrected chi connectivity index (χ0v) is 17.6. The number of nitro benzene ring substituents is 1. The van der Waals surface area contributed by atoms with Crippen LogP contribution >= 0.6 is 11.6 Å². The lowest BCUT2D eigenvalue weighted by molar-refractivity contribution is -0.385. The molecule has 0 bridgehead atoms. The fraction of sp³-hybridized carbons (Fsp3) is 0.208. The summed E-state index contributed by atoms with van der Waals surface area (Å²) in [7, 11) is 0. The summed E-state index contributed by atoms with van der Waals surface area (Å²) in [4.78, 5) is 17.8. The van der Waals surface area contributed by atoms with Gasteiger partial charge in [0.15, 0.2) is 0 Å². The van der Waals surface area contributed by atoms with E-state index in [0.29, 0.717) is 22.6 Å². The zero-order valence-electron chi connectivity index (χ0n) is 16.9. The molecule has 1 aliphatic heterocycles. The summed E-state index contributed by atoms with van der Waals surface area (Å²) in [5.74, 6) is -0.393. The Kier molecular flexibility index (Phi) is 6.18. The van der Waals surface area contributed by atoms with E-state index < -0.39 is 10.7 Å². The van der Waals surface area contributed by atoms with E-state index in [1.165, 1.54) is 12.3 Å². The SMILES string of the molecule is O=[N+]([O-])c1cc(Cc2ccccc2Cl)cc(C=Nc2ccccc2N2CCCC2)c1O. The number of phenols is 1. The van der Waals surface area contributed by atoms with Crippen molar-refractivity contribution < 1.29 is 10.0 Å². The van der Waals surface area contributed by atoms with Crippen molar-refractivity contribution in [1.82, 2.24) is 0 Å². The summed E-state index contributed by atoms with van der Waals surface area (Å²) >= 11 is 6.25. The molecule has 0 amide bonds. The first kappa shape index (κ1) is 20.9. The smallest absolute Gasteiger partial charge is 0.311 e. The van der Waals surface area contributed by atoms with Crippen molar-refractivity contribution >= 4 is 34.9 Å². The molecule has 1 fully saturated rings. The largest absolute Gasteiger partial charge is 0.502 e. The normalized spacial score (nSPS) is 13.8. The van der Waals surface area contributed by atoms with Gasteiger partial charge in [0.1, 0.15) is 0 Å². The standard InChI is InChI=1S/C24H22ClN3O3/c25-20-8-2-1-7-18(20)13-17-14-19(24(29)23(15-17)28(30)31)16-26-21-9-3-4-10-22(21)27-11-5-6-12-27/h1-4,7-10,14-16,29H,5-6,11-13H2. The maximum Gasteiger partial charge on any atom is 0.311 e. The Bertz CT molecular complexity index is 1140. The van der Waals surface area contributed by atoms with E-state index in [9.17, 15) is 15.2 Å². The fourth-order valence-electron chi connectivity index (χ4n) is 3.84. The lowest BCUT2D eigenvalue weighted by Crippen LogP contribution is -2.17. The molecule has 31 heavy (non-hydrogen) atoms. The lowest BCUT2D eigenvalue weighted by Gasteiger charge is -2.19. The van der Waals surface area contributed by atoms with Gasteiger partial charge in [-0.3, -0.25) is 15.1 Å². The van der Waals surface area contributed by atoms with Crippen LogP contribution in [0.15, 0.2) is 65.7 Å².